The third-order valence-corrected chi connectivity index (χ3v) is 14.9. The van der Waals surface area contributed by atoms with Gasteiger partial charge in [0.15, 0.2) is 12.6 Å². The third kappa shape index (κ3) is 33.9. The minimum Gasteiger partial charge on any atom is -0.394 e. The molecule has 2 saturated heterocycles. The van der Waals surface area contributed by atoms with Crippen LogP contribution < -0.4 is 5.32 Å². The van der Waals surface area contributed by atoms with Crippen LogP contribution in [-0.4, -0.2) is 140 Å². The van der Waals surface area contributed by atoms with Crippen LogP contribution in [0.3, 0.4) is 0 Å². The molecule has 9 N–H and O–H groups in total. The number of amides is 1. The number of unbranched alkanes of at least 4 members (excludes halogenated alkanes) is 28. The Balaban J connectivity index is 1.78. The second-order valence-corrected chi connectivity index (χ2v) is 21.8. The van der Waals surface area contributed by atoms with E-state index in [1.54, 1.807) is 6.08 Å². The van der Waals surface area contributed by atoms with Crippen LogP contribution >= 0.6 is 0 Å². The van der Waals surface area contributed by atoms with E-state index in [-0.39, 0.29) is 18.9 Å². The van der Waals surface area contributed by atoms with E-state index in [4.69, 9.17) is 18.9 Å². The first-order valence-corrected chi connectivity index (χ1v) is 31.0. The van der Waals surface area contributed by atoms with Crippen molar-refractivity contribution in [3.8, 4) is 0 Å². The van der Waals surface area contributed by atoms with Gasteiger partial charge in [-0.25, -0.2) is 0 Å². The molecule has 1 amide bonds. The SMILES string of the molecule is CCCCCCC/C=C\C/C=C\C/C=C\CCCCCCCCC(=O)NC(COC1OC(CO)C(OC2OC(CO)C(O)C(O)C2O)C(O)C1O)C(O)/C=C/CC/C=C/CCCCCCCCCCCCCCCCCC. The number of carbonyl (C=O) groups excluding carboxylic acids is 1. The Morgan fingerprint density at radius 1 is 0.468 bits per heavy atom. The second-order valence-electron chi connectivity index (χ2n) is 21.8. The molecule has 2 aliphatic heterocycles. The molecule has 2 aliphatic rings. The van der Waals surface area contributed by atoms with E-state index in [0.29, 0.717) is 12.8 Å². The highest BCUT2D eigenvalue weighted by molar-refractivity contribution is 5.76. The molecule has 0 aliphatic carbocycles. The van der Waals surface area contributed by atoms with Crippen LogP contribution in [0.25, 0.3) is 0 Å². The fourth-order valence-corrected chi connectivity index (χ4v) is 9.90. The fraction of sp³-hybridized carbons (Fsp3) is 0.825. The van der Waals surface area contributed by atoms with Gasteiger partial charge in [-0.05, 0) is 70.6 Å². The van der Waals surface area contributed by atoms with Gasteiger partial charge in [0.2, 0.25) is 5.91 Å². The largest absolute Gasteiger partial charge is 0.394 e. The lowest BCUT2D eigenvalue weighted by atomic mass is 9.97. The molecular weight excluding hydrogens is 979 g/mol. The Hall–Kier alpha value is -2.31. The highest BCUT2D eigenvalue weighted by atomic mass is 16.7. The number of carbonyl (C=O) groups is 1. The van der Waals surface area contributed by atoms with E-state index < -0.39 is 86.8 Å². The van der Waals surface area contributed by atoms with Crippen LogP contribution in [0.4, 0.5) is 0 Å². The van der Waals surface area contributed by atoms with E-state index in [0.717, 1.165) is 64.2 Å². The summed E-state index contributed by atoms with van der Waals surface area (Å²) in [7, 11) is 0. The second kappa shape index (κ2) is 48.4. The molecule has 77 heavy (non-hydrogen) atoms. The molecule has 12 unspecified atom stereocenters. The van der Waals surface area contributed by atoms with Gasteiger partial charge in [-0.2, -0.15) is 0 Å². The summed E-state index contributed by atoms with van der Waals surface area (Å²) in [4.78, 5) is 13.3. The van der Waals surface area contributed by atoms with Crippen LogP contribution in [0.15, 0.2) is 60.8 Å². The van der Waals surface area contributed by atoms with Crippen molar-refractivity contribution in [2.24, 2.45) is 0 Å². The zero-order valence-electron chi connectivity index (χ0n) is 48.2. The normalized spacial score (nSPS) is 25.1. The molecule has 14 heteroatoms. The lowest BCUT2D eigenvalue weighted by molar-refractivity contribution is -0.359. The Labute approximate surface area is 466 Å². The van der Waals surface area contributed by atoms with E-state index in [1.165, 1.54) is 141 Å². The first-order chi connectivity index (χ1) is 37.6. The topological polar surface area (TPSA) is 228 Å². The summed E-state index contributed by atoms with van der Waals surface area (Å²) < 4.78 is 22.8. The van der Waals surface area contributed by atoms with E-state index in [1.807, 2.05) is 6.08 Å². The quantitative estimate of drug-likeness (QED) is 0.0204. The summed E-state index contributed by atoms with van der Waals surface area (Å²) in [5.41, 5.74) is 0. The Kier molecular flexibility index (Phi) is 44.5. The molecule has 0 radical (unpaired) electrons. The standard InChI is InChI=1S/C63H113NO13/c1-3-5-7-9-11-13-15-17-19-21-23-25-27-28-30-32-34-36-38-40-42-44-46-52(67)51(50-74-62-60(73)58(71)61(54(49-66)76-62)77-63-59(72)57(70)56(69)53(48-65)75-63)64-55(68)47-45-43-41-39-37-35-33-31-29-26-24-22-20-18-16-14-12-10-8-6-4-2/h16,18,22,24,29,31,36,38,44,46,51-54,56-63,65-67,69-73H,3-15,17,19-21,23,25-28,30,32-35,37,39-43,45,47-50H2,1-2H3,(H,64,68)/b18-16-,24-22-,31-29-,38-36+,46-44+. The molecule has 2 rings (SSSR count). The summed E-state index contributed by atoms with van der Waals surface area (Å²) in [5.74, 6) is -0.262. The van der Waals surface area contributed by atoms with Gasteiger partial charge < -0.3 is 65.1 Å². The van der Waals surface area contributed by atoms with E-state index in [9.17, 15) is 45.6 Å². The lowest BCUT2D eigenvalue weighted by Gasteiger charge is -2.46. The monoisotopic (exact) mass is 1090 g/mol. The summed E-state index contributed by atoms with van der Waals surface area (Å²) >= 11 is 0. The summed E-state index contributed by atoms with van der Waals surface area (Å²) in [5, 5.41) is 87.1. The molecule has 0 bridgehead atoms. The maximum atomic E-state index is 13.3. The first-order valence-electron chi connectivity index (χ1n) is 31.0. The predicted molar refractivity (Wildman–Crippen MR) is 309 cm³/mol. The molecule has 0 aromatic carbocycles. The highest BCUT2D eigenvalue weighted by Crippen LogP contribution is 2.30. The van der Waals surface area contributed by atoms with Crippen molar-refractivity contribution < 1.29 is 64.6 Å². The van der Waals surface area contributed by atoms with Crippen molar-refractivity contribution in [3.05, 3.63) is 60.8 Å². The van der Waals surface area contributed by atoms with Crippen molar-refractivity contribution in [1.29, 1.82) is 0 Å². The zero-order valence-corrected chi connectivity index (χ0v) is 48.2. The number of hydrogen-bond acceptors (Lipinski definition) is 13. The van der Waals surface area contributed by atoms with Gasteiger partial charge in [0.05, 0.1) is 32.0 Å². The molecule has 0 aromatic rings. The summed E-state index contributed by atoms with van der Waals surface area (Å²) in [6.45, 7) is 2.77. The van der Waals surface area contributed by atoms with Crippen LogP contribution in [0.2, 0.25) is 0 Å². The van der Waals surface area contributed by atoms with Crippen LogP contribution in [0.5, 0.6) is 0 Å². The lowest BCUT2D eigenvalue weighted by Crippen LogP contribution is -2.65. The maximum absolute atomic E-state index is 13.3. The summed E-state index contributed by atoms with van der Waals surface area (Å²) in [6, 6.07) is -0.942. The fourth-order valence-electron chi connectivity index (χ4n) is 9.90. The van der Waals surface area contributed by atoms with Crippen molar-refractivity contribution in [2.45, 2.75) is 312 Å². The molecule has 2 heterocycles. The van der Waals surface area contributed by atoms with Gasteiger partial charge >= 0.3 is 0 Å². The van der Waals surface area contributed by atoms with Crippen molar-refractivity contribution >= 4 is 5.91 Å². The van der Waals surface area contributed by atoms with Crippen molar-refractivity contribution in [3.63, 3.8) is 0 Å². The van der Waals surface area contributed by atoms with Gasteiger partial charge in [-0.3, -0.25) is 4.79 Å². The summed E-state index contributed by atoms with van der Waals surface area (Å²) in [6.07, 6.45) is 45.4. The van der Waals surface area contributed by atoms with E-state index >= 15 is 0 Å². The third-order valence-electron chi connectivity index (χ3n) is 14.9. The van der Waals surface area contributed by atoms with Crippen molar-refractivity contribution in [1.82, 2.24) is 5.32 Å². The first kappa shape index (κ1) is 70.8. The highest BCUT2D eigenvalue weighted by Gasteiger charge is 2.51. The average Bonchev–Trinajstić information content (AvgIpc) is 3.44. The van der Waals surface area contributed by atoms with Crippen molar-refractivity contribution in [2.75, 3.05) is 19.8 Å². The minimum absolute atomic E-state index is 0.257. The number of hydrogen-bond donors (Lipinski definition) is 9. The Bertz CT molecular complexity index is 1520. The average molecular weight is 1090 g/mol. The maximum Gasteiger partial charge on any atom is 0.220 e. The molecule has 12 atom stereocenters. The van der Waals surface area contributed by atoms with Gasteiger partial charge in [0.1, 0.15) is 48.8 Å². The smallest absolute Gasteiger partial charge is 0.220 e. The Morgan fingerprint density at radius 2 is 0.870 bits per heavy atom. The number of aliphatic hydroxyl groups excluding tert-OH is 8. The van der Waals surface area contributed by atoms with Gasteiger partial charge in [-0.1, -0.05) is 222 Å². The number of allylic oxidation sites excluding steroid dienone is 9. The molecule has 14 nitrogen and oxygen atoms in total. The number of rotatable bonds is 49. The molecular formula is C63H113NO13. The van der Waals surface area contributed by atoms with Crippen LogP contribution in [-0.2, 0) is 23.7 Å². The number of aliphatic hydroxyl groups is 8. The molecule has 0 aromatic heterocycles. The Morgan fingerprint density at radius 3 is 1.36 bits per heavy atom. The molecule has 448 valence electrons. The van der Waals surface area contributed by atoms with E-state index in [2.05, 4.69) is 67.8 Å². The molecule has 2 fully saturated rings. The predicted octanol–water partition coefficient (Wildman–Crippen LogP) is 10.9. The number of nitrogens with one attached hydrogen (secondary N) is 1. The number of ether oxygens (including phenoxy) is 4. The molecule has 0 saturated carbocycles. The van der Waals surface area contributed by atoms with Gasteiger partial charge in [0, 0.05) is 6.42 Å². The van der Waals surface area contributed by atoms with Crippen LogP contribution in [0, 0.1) is 0 Å². The minimum atomic E-state index is -1.79. The zero-order chi connectivity index (χ0) is 56.0. The van der Waals surface area contributed by atoms with Crippen LogP contribution in [0.1, 0.15) is 239 Å². The van der Waals surface area contributed by atoms with Gasteiger partial charge in [0.25, 0.3) is 0 Å². The molecule has 0 spiro atoms. The van der Waals surface area contributed by atoms with Gasteiger partial charge in [-0.15, -0.1) is 0 Å².